The van der Waals surface area contributed by atoms with Gasteiger partial charge in [0.15, 0.2) is 0 Å². The van der Waals surface area contributed by atoms with E-state index < -0.39 is 0 Å². The molecule has 0 atom stereocenters. The lowest BCUT2D eigenvalue weighted by Crippen LogP contribution is -2.14. The standard InChI is InChI=1S/C18H27N3/c1-6-19-11-7-8-17-15(4)20-21(16(17)5)18-10-9-13(2)12-14(18)3/h9-10,12,19H,6-8,11H2,1-5H3. The maximum Gasteiger partial charge on any atom is 0.0678 e. The second-order valence-electron chi connectivity index (χ2n) is 5.81. The van der Waals surface area contributed by atoms with Crippen LogP contribution in [0.1, 0.15) is 41.4 Å². The van der Waals surface area contributed by atoms with Crippen molar-refractivity contribution in [1.82, 2.24) is 15.1 Å². The molecular weight excluding hydrogens is 258 g/mol. The zero-order valence-electron chi connectivity index (χ0n) is 14.0. The molecule has 2 rings (SSSR count). The SMILES string of the molecule is CCNCCCc1c(C)nn(-c2ccc(C)cc2C)c1C. The molecule has 3 heteroatoms. The molecule has 2 aromatic rings. The van der Waals surface area contributed by atoms with Gasteiger partial charge in [-0.1, -0.05) is 24.6 Å². The van der Waals surface area contributed by atoms with Crippen molar-refractivity contribution >= 4 is 0 Å². The van der Waals surface area contributed by atoms with Gasteiger partial charge in [-0.25, -0.2) is 4.68 Å². The Kier molecular flexibility index (Phi) is 5.18. The van der Waals surface area contributed by atoms with Crippen LogP contribution in [0.3, 0.4) is 0 Å². The highest BCUT2D eigenvalue weighted by Gasteiger charge is 2.13. The molecule has 3 nitrogen and oxygen atoms in total. The highest BCUT2D eigenvalue weighted by Crippen LogP contribution is 2.22. The highest BCUT2D eigenvalue weighted by atomic mass is 15.3. The van der Waals surface area contributed by atoms with Gasteiger partial charge in [0.1, 0.15) is 0 Å². The maximum absolute atomic E-state index is 4.77. The molecule has 1 N–H and O–H groups in total. The van der Waals surface area contributed by atoms with Crippen molar-refractivity contribution in [3.05, 3.63) is 46.3 Å². The first kappa shape index (κ1) is 15.8. The Labute approximate surface area is 128 Å². The first-order valence-electron chi connectivity index (χ1n) is 7.88. The van der Waals surface area contributed by atoms with Crippen molar-refractivity contribution in [3.8, 4) is 5.69 Å². The molecule has 114 valence electrons. The Morgan fingerprint density at radius 1 is 1.14 bits per heavy atom. The average molecular weight is 285 g/mol. The minimum atomic E-state index is 1.04. The number of aryl methyl sites for hydroxylation is 3. The fourth-order valence-electron chi connectivity index (χ4n) is 2.88. The minimum absolute atomic E-state index is 1.04. The summed E-state index contributed by atoms with van der Waals surface area (Å²) in [5.74, 6) is 0. The number of benzene rings is 1. The van der Waals surface area contributed by atoms with E-state index in [0.29, 0.717) is 0 Å². The van der Waals surface area contributed by atoms with Gasteiger partial charge in [-0.05, 0) is 70.8 Å². The Morgan fingerprint density at radius 2 is 1.90 bits per heavy atom. The van der Waals surface area contributed by atoms with Crippen LogP contribution in [-0.2, 0) is 6.42 Å². The van der Waals surface area contributed by atoms with E-state index in [1.807, 2.05) is 0 Å². The third kappa shape index (κ3) is 3.53. The third-order valence-corrected chi connectivity index (χ3v) is 4.05. The molecule has 0 amide bonds. The highest BCUT2D eigenvalue weighted by molar-refractivity contribution is 5.44. The summed E-state index contributed by atoms with van der Waals surface area (Å²) in [7, 11) is 0. The first-order valence-corrected chi connectivity index (χ1v) is 7.88. The van der Waals surface area contributed by atoms with Crippen molar-refractivity contribution in [1.29, 1.82) is 0 Å². The van der Waals surface area contributed by atoms with Crippen LogP contribution >= 0.6 is 0 Å². The molecule has 0 bridgehead atoms. The topological polar surface area (TPSA) is 29.9 Å². The number of aromatic nitrogens is 2. The number of hydrogen-bond donors (Lipinski definition) is 1. The lowest BCUT2D eigenvalue weighted by atomic mass is 10.1. The van der Waals surface area contributed by atoms with E-state index in [2.05, 4.69) is 62.8 Å². The van der Waals surface area contributed by atoms with Crippen molar-refractivity contribution in [2.75, 3.05) is 13.1 Å². The second-order valence-corrected chi connectivity index (χ2v) is 5.81. The minimum Gasteiger partial charge on any atom is -0.317 e. The first-order chi connectivity index (χ1) is 10.0. The van der Waals surface area contributed by atoms with Crippen molar-refractivity contribution in [3.63, 3.8) is 0 Å². The largest absolute Gasteiger partial charge is 0.317 e. The van der Waals surface area contributed by atoms with Crippen LogP contribution in [0.5, 0.6) is 0 Å². The van der Waals surface area contributed by atoms with Crippen molar-refractivity contribution in [2.24, 2.45) is 0 Å². The van der Waals surface area contributed by atoms with E-state index in [-0.39, 0.29) is 0 Å². The van der Waals surface area contributed by atoms with Crippen LogP contribution in [0, 0.1) is 27.7 Å². The van der Waals surface area contributed by atoms with Gasteiger partial charge in [-0.3, -0.25) is 0 Å². The summed E-state index contributed by atoms with van der Waals surface area (Å²) < 4.78 is 2.10. The van der Waals surface area contributed by atoms with Gasteiger partial charge in [-0.2, -0.15) is 5.10 Å². The summed E-state index contributed by atoms with van der Waals surface area (Å²) in [4.78, 5) is 0. The van der Waals surface area contributed by atoms with Gasteiger partial charge in [0.2, 0.25) is 0 Å². The molecule has 0 radical (unpaired) electrons. The quantitative estimate of drug-likeness (QED) is 0.821. The van der Waals surface area contributed by atoms with Gasteiger partial charge in [-0.15, -0.1) is 0 Å². The Hall–Kier alpha value is -1.61. The molecule has 1 aromatic heterocycles. The Bertz CT molecular complexity index is 611. The van der Waals surface area contributed by atoms with Crippen LogP contribution in [-0.4, -0.2) is 22.9 Å². The second kappa shape index (κ2) is 6.90. The third-order valence-electron chi connectivity index (χ3n) is 4.05. The molecule has 0 aliphatic rings. The van der Waals surface area contributed by atoms with Gasteiger partial charge < -0.3 is 5.32 Å². The molecule has 0 unspecified atom stereocenters. The number of rotatable bonds is 6. The average Bonchev–Trinajstić information content (AvgIpc) is 2.71. The molecule has 0 aliphatic heterocycles. The van der Waals surface area contributed by atoms with Crippen LogP contribution in [0.4, 0.5) is 0 Å². The van der Waals surface area contributed by atoms with E-state index in [9.17, 15) is 0 Å². The summed E-state index contributed by atoms with van der Waals surface area (Å²) in [6.45, 7) is 12.9. The summed E-state index contributed by atoms with van der Waals surface area (Å²) in [5, 5.41) is 8.15. The van der Waals surface area contributed by atoms with E-state index >= 15 is 0 Å². The summed E-state index contributed by atoms with van der Waals surface area (Å²) in [6, 6.07) is 6.55. The normalized spacial score (nSPS) is 11.1. The van der Waals surface area contributed by atoms with Gasteiger partial charge in [0, 0.05) is 5.69 Å². The molecule has 0 saturated carbocycles. The lowest BCUT2D eigenvalue weighted by molar-refractivity contribution is 0.670. The van der Waals surface area contributed by atoms with Gasteiger partial charge in [0.25, 0.3) is 0 Å². The van der Waals surface area contributed by atoms with Crippen molar-refractivity contribution in [2.45, 2.75) is 47.5 Å². The number of nitrogens with zero attached hydrogens (tertiary/aromatic N) is 2. The van der Waals surface area contributed by atoms with Crippen LogP contribution in [0.25, 0.3) is 5.69 Å². The molecule has 0 spiro atoms. The van der Waals surface area contributed by atoms with Gasteiger partial charge >= 0.3 is 0 Å². The van der Waals surface area contributed by atoms with E-state index in [1.165, 1.54) is 28.1 Å². The molecule has 1 aromatic carbocycles. The fourth-order valence-corrected chi connectivity index (χ4v) is 2.88. The van der Waals surface area contributed by atoms with Crippen LogP contribution in [0.2, 0.25) is 0 Å². The summed E-state index contributed by atoms with van der Waals surface area (Å²) in [6.07, 6.45) is 2.25. The lowest BCUT2D eigenvalue weighted by Gasteiger charge is -2.09. The Morgan fingerprint density at radius 3 is 2.57 bits per heavy atom. The predicted octanol–water partition coefficient (Wildman–Crippen LogP) is 3.65. The molecular formula is C18H27N3. The smallest absolute Gasteiger partial charge is 0.0678 e. The zero-order valence-corrected chi connectivity index (χ0v) is 14.0. The molecule has 0 fully saturated rings. The van der Waals surface area contributed by atoms with Crippen molar-refractivity contribution < 1.29 is 0 Å². The number of hydrogen-bond acceptors (Lipinski definition) is 2. The van der Waals surface area contributed by atoms with Gasteiger partial charge in [0.05, 0.1) is 11.4 Å². The predicted molar refractivity (Wildman–Crippen MR) is 89.4 cm³/mol. The molecule has 0 saturated heterocycles. The van der Waals surface area contributed by atoms with Crippen LogP contribution in [0.15, 0.2) is 18.2 Å². The summed E-state index contributed by atoms with van der Waals surface area (Å²) in [5.41, 5.74) is 7.59. The monoisotopic (exact) mass is 285 g/mol. The fraction of sp³-hybridized carbons (Fsp3) is 0.500. The maximum atomic E-state index is 4.77. The number of nitrogens with one attached hydrogen (secondary N) is 1. The Balaban J connectivity index is 2.26. The molecule has 21 heavy (non-hydrogen) atoms. The van der Waals surface area contributed by atoms with E-state index in [4.69, 9.17) is 5.10 Å². The zero-order chi connectivity index (χ0) is 15.4. The molecule has 1 heterocycles. The summed E-state index contributed by atoms with van der Waals surface area (Å²) >= 11 is 0. The molecule has 0 aliphatic carbocycles. The van der Waals surface area contributed by atoms with E-state index in [0.717, 1.165) is 31.6 Å². The van der Waals surface area contributed by atoms with E-state index in [1.54, 1.807) is 0 Å². The van der Waals surface area contributed by atoms with Crippen LogP contribution < -0.4 is 5.32 Å².